The quantitative estimate of drug-likeness (QED) is 0.212. The number of rotatable bonds is 8. The van der Waals surface area contributed by atoms with Gasteiger partial charge in [0.25, 0.3) is 5.91 Å². The average Bonchev–Trinajstić information content (AvgIpc) is 2.89. The van der Waals surface area contributed by atoms with Gasteiger partial charge in [0.15, 0.2) is 0 Å². The van der Waals surface area contributed by atoms with Gasteiger partial charge in [-0.25, -0.2) is 4.79 Å². The first-order valence-corrected chi connectivity index (χ1v) is 12.6. The topological polar surface area (TPSA) is 95.5 Å². The van der Waals surface area contributed by atoms with E-state index in [1.807, 2.05) is 73.7 Å². The summed E-state index contributed by atoms with van der Waals surface area (Å²) < 4.78 is 0. The van der Waals surface area contributed by atoms with Gasteiger partial charge in [0.05, 0.1) is 10.6 Å². The van der Waals surface area contributed by atoms with E-state index in [4.69, 9.17) is 11.6 Å². The van der Waals surface area contributed by atoms with E-state index in [0.29, 0.717) is 16.9 Å². The second-order valence-electron chi connectivity index (χ2n) is 8.25. The Balaban J connectivity index is 1.56. The van der Waals surface area contributed by atoms with Crippen LogP contribution in [0, 0.1) is 6.92 Å². The first kappa shape index (κ1) is 26.0. The number of aromatic carboxylic acids is 1. The number of carboxylic acids is 1. The van der Waals surface area contributed by atoms with Crippen molar-refractivity contribution in [2.75, 3.05) is 10.6 Å². The van der Waals surface area contributed by atoms with Gasteiger partial charge in [-0.15, -0.1) is 11.8 Å². The molecule has 8 heteroatoms. The molecule has 0 heterocycles. The number of carbonyl (C=O) groups is 3. The third kappa shape index (κ3) is 6.78. The zero-order chi connectivity index (χ0) is 26.4. The molecule has 1 unspecified atom stereocenters. The summed E-state index contributed by atoms with van der Waals surface area (Å²) in [6.07, 6.45) is 0. The van der Waals surface area contributed by atoms with E-state index in [1.165, 1.54) is 23.9 Å². The van der Waals surface area contributed by atoms with Crippen LogP contribution in [0.5, 0.6) is 0 Å². The molecule has 4 aromatic carbocycles. The molecule has 37 heavy (non-hydrogen) atoms. The first-order valence-electron chi connectivity index (χ1n) is 11.3. The Labute approximate surface area is 223 Å². The summed E-state index contributed by atoms with van der Waals surface area (Å²) in [5.74, 6) is -1.73. The fourth-order valence-electron chi connectivity index (χ4n) is 3.65. The van der Waals surface area contributed by atoms with Crippen LogP contribution in [0.2, 0.25) is 5.02 Å². The molecule has 0 saturated heterocycles. The predicted octanol–water partition coefficient (Wildman–Crippen LogP) is 7.07. The third-order valence-electron chi connectivity index (χ3n) is 5.43. The molecule has 6 nitrogen and oxygen atoms in total. The van der Waals surface area contributed by atoms with Crippen LogP contribution < -0.4 is 10.6 Å². The van der Waals surface area contributed by atoms with Gasteiger partial charge in [0.2, 0.25) is 5.91 Å². The lowest BCUT2D eigenvalue weighted by Crippen LogP contribution is -2.19. The Morgan fingerprint density at radius 3 is 2.27 bits per heavy atom. The maximum absolute atomic E-state index is 13.4. The van der Waals surface area contributed by atoms with Crippen molar-refractivity contribution < 1.29 is 19.5 Å². The summed E-state index contributed by atoms with van der Waals surface area (Å²) in [5.41, 5.74) is 3.15. The van der Waals surface area contributed by atoms with Gasteiger partial charge in [0, 0.05) is 21.8 Å². The van der Waals surface area contributed by atoms with Crippen LogP contribution in [-0.2, 0) is 4.79 Å². The Kier molecular flexibility index (Phi) is 8.28. The van der Waals surface area contributed by atoms with Crippen molar-refractivity contribution in [3.8, 4) is 0 Å². The van der Waals surface area contributed by atoms with Gasteiger partial charge in [-0.3, -0.25) is 9.59 Å². The fraction of sp³-hybridized carbons (Fsp3) is 0.0690. The Morgan fingerprint density at radius 2 is 1.54 bits per heavy atom. The summed E-state index contributed by atoms with van der Waals surface area (Å²) in [4.78, 5) is 38.3. The van der Waals surface area contributed by atoms with Crippen LogP contribution in [0.1, 0.15) is 37.1 Å². The highest BCUT2D eigenvalue weighted by molar-refractivity contribution is 8.00. The number of carbonyl (C=O) groups excluding carboxylic acids is 2. The van der Waals surface area contributed by atoms with Crippen molar-refractivity contribution >= 4 is 52.5 Å². The fourth-order valence-corrected chi connectivity index (χ4v) is 4.93. The average molecular weight is 531 g/mol. The molecule has 0 aromatic heterocycles. The van der Waals surface area contributed by atoms with E-state index in [-0.39, 0.29) is 22.4 Å². The van der Waals surface area contributed by atoms with Crippen molar-refractivity contribution in [3.05, 3.63) is 124 Å². The van der Waals surface area contributed by atoms with Crippen LogP contribution in [0.15, 0.2) is 102 Å². The number of hydrogen-bond donors (Lipinski definition) is 3. The van der Waals surface area contributed by atoms with E-state index in [2.05, 4.69) is 10.6 Å². The minimum Gasteiger partial charge on any atom is -0.478 e. The standard InChI is InChI=1S/C29H23ClN2O4S/c1-18-7-5-10-20(15-18)27(33)31-21-11-6-12-23(16-21)37-26(19-8-3-2-4-9-19)28(34)32-22-13-14-25(30)24(17-22)29(35)36/h2-17,26H,1H3,(H,31,33)(H,32,34)(H,35,36). The van der Waals surface area contributed by atoms with E-state index in [1.54, 1.807) is 18.2 Å². The van der Waals surface area contributed by atoms with Gasteiger partial charge in [0.1, 0.15) is 5.25 Å². The van der Waals surface area contributed by atoms with Crippen LogP contribution in [0.4, 0.5) is 11.4 Å². The molecule has 1 atom stereocenters. The van der Waals surface area contributed by atoms with E-state index < -0.39 is 11.2 Å². The molecular formula is C29H23ClN2O4S. The largest absolute Gasteiger partial charge is 0.478 e. The van der Waals surface area contributed by atoms with E-state index in [9.17, 15) is 19.5 Å². The molecule has 0 aliphatic rings. The molecule has 0 aliphatic heterocycles. The van der Waals surface area contributed by atoms with Crippen molar-refractivity contribution in [2.45, 2.75) is 17.1 Å². The molecule has 0 saturated carbocycles. The minimum atomic E-state index is -1.18. The lowest BCUT2D eigenvalue weighted by atomic mass is 10.1. The predicted molar refractivity (Wildman–Crippen MR) is 148 cm³/mol. The van der Waals surface area contributed by atoms with Gasteiger partial charge in [-0.1, -0.05) is 65.7 Å². The summed E-state index contributed by atoms with van der Waals surface area (Å²) >= 11 is 7.28. The molecule has 2 amide bonds. The molecular weight excluding hydrogens is 508 g/mol. The zero-order valence-electron chi connectivity index (χ0n) is 19.8. The minimum absolute atomic E-state index is 0.0870. The molecule has 0 bridgehead atoms. The van der Waals surface area contributed by atoms with Crippen LogP contribution in [0.3, 0.4) is 0 Å². The third-order valence-corrected chi connectivity index (χ3v) is 7.01. The highest BCUT2D eigenvalue weighted by atomic mass is 35.5. The Hall–Kier alpha value is -4.07. The second-order valence-corrected chi connectivity index (χ2v) is 9.83. The smallest absolute Gasteiger partial charge is 0.337 e. The van der Waals surface area contributed by atoms with Crippen LogP contribution in [-0.4, -0.2) is 22.9 Å². The van der Waals surface area contributed by atoms with Crippen molar-refractivity contribution in [3.63, 3.8) is 0 Å². The number of carboxylic acid groups (broad SMARTS) is 1. The summed E-state index contributed by atoms with van der Waals surface area (Å²) in [6, 6.07) is 28.2. The van der Waals surface area contributed by atoms with Crippen LogP contribution in [0.25, 0.3) is 0 Å². The molecule has 0 fully saturated rings. The van der Waals surface area contributed by atoms with Gasteiger partial charge < -0.3 is 15.7 Å². The summed E-state index contributed by atoms with van der Waals surface area (Å²) in [6.45, 7) is 1.93. The SMILES string of the molecule is Cc1cccc(C(=O)Nc2cccc(SC(C(=O)Nc3ccc(Cl)c(C(=O)O)c3)c3ccccc3)c2)c1. The van der Waals surface area contributed by atoms with Gasteiger partial charge >= 0.3 is 5.97 Å². The number of benzene rings is 4. The van der Waals surface area contributed by atoms with Crippen molar-refractivity contribution in [1.82, 2.24) is 0 Å². The molecule has 4 aromatic rings. The maximum Gasteiger partial charge on any atom is 0.337 e. The number of amides is 2. The Morgan fingerprint density at radius 1 is 0.811 bits per heavy atom. The number of nitrogens with one attached hydrogen (secondary N) is 2. The molecule has 0 spiro atoms. The monoisotopic (exact) mass is 530 g/mol. The molecule has 3 N–H and O–H groups in total. The lowest BCUT2D eigenvalue weighted by Gasteiger charge is -2.18. The molecule has 0 aliphatic carbocycles. The van der Waals surface area contributed by atoms with Crippen LogP contribution >= 0.6 is 23.4 Å². The first-order chi connectivity index (χ1) is 17.8. The van der Waals surface area contributed by atoms with Gasteiger partial charge in [-0.05, 0) is 61.0 Å². The number of aryl methyl sites for hydroxylation is 1. The highest BCUT2D eigenvalue weighted by Gasteiger charge is 2.23. The molecule has 186 valence electrons. The zero-order valence-corrected chi connectivity index (χ0v) is 21.3. The highest BCUT2D eigenvalue weighted by Crippen LogP contribution is 2.37. The molecule has 4 rings (SSSR count). The number of halogens is 1. The normalized spacial score (nSPS) is 11.4. The van der Waals surface area contributed by atoms with E-state index >= 15 is 0 Å². The Bertz CT molecular complexity index is 1460. The number of hydrogen-bond acceptors (Lipinski definition) is 4. The molecule has 0 radical (unpaired) electrons. The van der Waals surface area contributed by atoms with Crippen molar-refractivity contribution in [1.29, 1.82) is 0 Å². The summed E-state index contributed by atoms with van der Waals surface area (Å²) in [7, 11) is 0. The number of anilines is 2. The second kappa shape index (κ2) is 11.8. The summed E-state index contributed by atoms with van der Waals surface area (Å²) in [5, 5.41) is 14.5. The van der Waals surface area contributed by atoms with Crippen molar-refractivity contribution in [2.24, 2.45) is 0 Å². The van der Waals surface area contributed by atoms with E-state index in [0.717, 1.165) is 16.0 Å². The number of thioether (sulfide) groups is 1. The maximum atomic E-state index is 13.4. The lowest BCUT2D eigenvalue weighted by molar-refractivity contribution is -0.115. The van der Waals surface area contributed by atoms with Gasteiger partial charge in [-0.2, -0.15) is 0 Å².